The SMILES string of the molecule is COc1cc(C(=O)NCC(O)C(=O)O)ccc1C. The lowest BCUT2D eigenvalue weighted by Gasteiger charge is -2.10. The Morgan fingerprint density at radius 1 is 1.44 bits per heavy atom. The molecule has 0 heterocycles. The van der Waals surface area contributed by atoms with Gasteiger partial charge in [-0.25, -0.2) is 4.79 Å². The highest BCUT2D eigenvalue weighted by Gasteiger charge is 2.15. The van der Waals surface area contributed by atoms with Crippen LogP contribution in [0.15, 0.2) is 18.2 Å². The molecule has 1 rings (SSSR count). The number of carboxylic acid groups (broad SMARTS) is 1. The molecule has 1 aromatic carbocycles. The topological polar surface area (TPSA) is 95.9 Å². The van der Waals surface area contributed by atoms with Crippen molar-refractivity contribution in [3.63, 3.8) is 0 Å². The second-order valence-corrected chi connectivity index (χ2v) is 3.75. The van der Waals surface area contributed by atoms with E-state index >= 15 is 0 Å². The summed E-state index contributed by atoms with van der Waals surface area (Å²) >= 11 is 0. The first-order valence-corrected chi connectivity index (χ1v) is 5.29. The number of nitrogens with one attached hydrogen (secondary N) is 1. The molecule has 0 aliphatic carbocycles. The predicted octanol–water partition coefficient (Wildman–Crippen LogP) is 0.179. The average molecular weight is 253 g/mol. The number of rotatable bonds is 5. The highest BCUT2D eigenvalue weighted by Crippen LogP contribution is 2.18. The molecule has 0 radical (unpaired) electrons. The molecule has 0 spiro atoms. The first-order chi connectivity index (χ1) is 8.45. The number of methoxy groups -OCH3 is 1. The molecule has 18 heavy (non-hydrogen) atoms. The average Bonchev–Trinajstić information content (AvgIpc) is 2.35. The summed E-state index contributed by atoms with van der Waals surface area (Å²) in [6.07, 6.45) is -1.61. The van der Waals surface area contributed by atoms with Crippen LogP contribution in [0.3, 0.4) is 0 Å². The summed E-state index contributed by atoms with van der Waals surface area (Å²) in [4.78, 5) is 22.1. The van der Waals surface area contributed by atoms with Gasteiger partial charge < -0.3 is 20.3 Å². The predicted molar refractivity (Wildman–Crippen MR) is 63.7 cm³/mol. The van der Waals surface area contributed by atoms with Crippen molar-refractivity contribution in [1.82, 2.24) is 5.32 Å². The number of aryl methyl sites for hydroxylation is 1. The fraction of sp³-hybridized carbons (Fsp3) is 0.333. The van der Waals surface area contributed by atoms with E-state index in [1.165, 1.54) is 7.11 Å². The van der Waals surface area contributed by atoms with Gasteiger partial charge in [-0.2, -0.15) is 0 Å². The molecule has 0 saturated carbocycles. The maximum atomic E-state index is 11.7. The van der Waals surface area contributed by atoms with Crippen molar-refractivity contribution in [2.24, 2.45) is 0 Å². The van der Waals surface area contributed by atoms with Crippen LogP contribution in [0.4, 0.5) is 0 Å². The molecule has 0 aliphatic heterocycles. The minimum atomic E-state index is -1.61. The number of aliphatic hydroxyl groups is 1. The lowest BCUT2D eigenvalue weighted by molar-refractivity contribution is -0.146. The Morgan fingerprint density at radius 3 is 2.67 bits per heavy atom. The van der Waals surface area contributed by atoms with Gasteiger partial charge in [-0.3, -0.25) is 4.79 Å². The number of carbonyl (C=O) groups is 2. The van der Waals surface area contributed by atoms with Gasteiger partial charge in [-0.1, -0.05) is 6.07 Å². The molecular weight excluding hydrogens is 238 g/mol. The molecule has 3 N–H and O–H groups in total. The second-order valence-electron chi connectivity index (χ2n) is 3.75. The van der Waals surface area contributed by atoms with Crippen LogP contribution in [0.1, 0.15) is 15.9 Å². The number of hydrogen-bond donors (Lipinski definition) is 3. The minimum absolute atomic E-state index is 0.343. The van der Waals surface area contributed by atoms with E-state index in [1.54, 1.807) is 18.2 Å². The number of ether oxygens (including phenoxy) is 1. The fourth-order valence-electron chi connectivity index (χ4n) is 1.34. The van der Waals surface area contributed by atoms with Crippen LogP contribution in [0.25, 0.3) is 0 Å². The highest BCUT2D eigenvalue weighted by atomic mass is 16.5. The lowest BCUT2D eigenvalue weighted by Crippen LogP contribution is -2.36. The number of carboxylic acids is 1. The zero-order chi connectivity index (χ0) is 13.7. The summed E-state index contributed by atoms with van der Waals surface area (Å²) in [5.74, 6) is -1.27. The van der Waals surface area contributed by atoms with Gasteiger partial charge in [0.15, 0.2) is 6.10 Å². The van der Waals surface area contributed by atoms with Crippen LogP contribution in [-0.2, 0) is 4.79 Å². The van der Waals surface area contributed by atoms with Crippen molar-refractivity contribution >= 4 is 11.9 Å². The van der Waals surface area contributed by atoms with Crippen LogP contribution >= 0.6 is 0 Å². The van der Waals surface area contributed by atoms with Gasteiger partial charge in [0.2, 0.25) is 0 Å². The van der Waals surface area contributed by atoms with Crippen LogP contribution in [-0.4, -0.2) is 41.8 Å². The molecule has 0 fully saturated rings. The zero-order valence-electron chi connectivity index (χ0n) is 10.1. The summed E-state index contributed by atoms with van der Waals surface area (Å²) in [6.45, 7) is 1.50. The summed E-state index contributed by atoms with van der Waals surface area (Å²) < 4.78 is 5.08. The smallest absolute Gasteiger partial charge is 0.334 e. The van der Waals surface area contributed by atoms with Gasteiger partial charge >= 0.3 is 5.97 Å². The Balaban J connectivity index is 2.70. The summed E-state index contributed by atoms with van der Waals surface area (Å²) in [6, 6.07) is 4.87. The zero-order valence-corrected chi connectivity index (χ0v) is 10.1. The number of hydrogen-bond acceptors (Lipinski definition) is 4. The van der Waals surface area contributed by atoms with Crippen LogP contribution in [0.2, 0.25) is 0 Å². The molecule has 1 aromatic rings. The molecule has 1 atom stereocenters. The minimum Gasteiger partial charge on any atom is -0.496 e. The molecule has 1 amide bonds. The molecule has 98 valence electrons. The first kappa shape index (κ1) is 14.0. The molecule has 0 bridgehead atoms. The number of carbonyl (C=O) groups excluding carboxylic acids is 1. The third-order valence-electron chi connectivity index (χ3n) is 2.41. The van der Waals surface area contributed by atoms with E-state index in [4.69, 9.17) is 14.9 Å². The van der Waals surface area contributed by atoms with Crippen molar-refractivity contribution in [2.75, 3.05) is 13.7 Å². The number of aliphatic carboxylic acids is 1. The lowest BCUT2D eigenvalue weighted by atomic mass is 10.1. The Hall–Kier alpha value is -2.08. The van der Waals surface area contributed by atoms with Crippen molar-refractivity contribution in [3.8, 4) is 5.75 Å². The van der Waals surface area contributed by atoms with Gasteiger partial charge in [-0.05, 0) is 24.6 Å². The van der Waals surface area contributed by atoms with Crippen LogP contribution in [0, 0.1) is 6.92 Å². The van der Waals surface area contributed by atoms with Crippen molar-refractivity contribution in [3.05, 3.63) is 29.3 Å². The fourth-order valence-corrected chi connectivity index (χ4v) is 1.34. The Morgan fingerprint density at radius 2 is 2.11 bits per heavy atom. The van der Waals surface area contributed by atoms with E-state index in [2.05, 4.69) is 5.32 Å². The molecule has 0 aliphatic rings. The third-order valence-corrected chi connectivity index (χ3v) is 2.41. The Kier molecular flexibility index (Phi) is 4.67. The van der Waals surface area contributed by atoms with E-state index < -0.39 is 18.0 Å². The van der Waals surface area contributed by atoms with Gasteiger partial charge in [0.1, 0.15) is 5.75 Å². The summed E-state index contributed by atoms with van der Waals surface area (Å²) in [7, 11) is 1.50. The van der Waals surface area contributed by atoms with Gasteiger partial charge in [0.05, 0.1) is 13.7 Å². The molecule has 1 unspecified atom stereocenters. The first-order valence-electron chi connectivity index (χ1n) is 5.29. The van der Waals surface area contributed by atoms with E-state index in [-0.39, 0.29) is 6.54 Å². The van der Waals surface area contributed by atoms with Crippen molar-refractivity contribution in [2.45, 2.75) is 13.0 Å². The monoisotopic (exact) mass is 253 g/mol. The van der Waals surface area contributed by atoms with Crippen LogP contribution < -0.4 is 10.1 Å². The highest BCUT2D eigenvalue weighted by molar-refractivity contribution is 5.95. The van der Waals surface area contributed by atoms with E-state index in [1.807, 2.05) is 6.92 Å². The molecular formula is C12H15NO5. The maximum Gasteiger partial charge on any atom is 0.334 e. The molecule has 0 aromatic heterocycles. The number of aliphatic hydroxyl groups excluding tert-OH is 1. The normalized spacial score (nSPS) is 11.7. The molecule has 6 nitrogen and oxygen atoms in total. The van der Waals surface area contributed by atoms with Gasteiger partial charge in [0.25, 0.3) is 5.91 Å². The van der Waals surface area contributed by atoms with E-state index in [0.29, 0.717) is 11.3 Å². The Labute approximate surface area is 104 Å². The molecule has 6 heteroatoms. The third kappa shape index (κ3) is 3.46. The van der Waals surface area contributed by atoms with Gasteiger partial charge in [-0.15, -0.1) is 0 Å². The van der Waals surface area contributed by atoms with E-state index in [0.717, 1.165) is 5.56 Å². The van der Waals surface area contributed by atoms with Crippen molar-refractivity contribution in [1.29, 1.82) is 0 Å². The summed E-state index contributed by atoms with van der Waals surface area (Å²) in [5.41, 5.74) is 1.23. The maximum absolute atomic E-state index is 11.7. The van der Waals surface area contributed by atoms with Crippen LogP contribution in [0.5, 0.6) is 5.75 Å². The van der Waals surface area contributed by atoms with Gasteiger partial charge in [0, 0.05) is 5.56 Å². The second kappa shape index (κ2) is 6.02. The summed E-state index contributed by atoms with van der Waals surface area (Å²) in [5, 5.41) is 19.8. The Bertz CT molecular complexity index is 458. The number of amides is 1. The van der Waals surface area contributed by atoms with Crippen molar-refractivity contribution < 1.29 is 24.5 Å². The number of benzene rings is 1. The van der Waals surface area contributed by atoms with E-state index in [9.17, 15) is 9.59 Å². The molecule has 0 saturated heterocycles. The quantitative estimate of drug-likeness (QED) is 0.695. The largest absolute Gasteiger partial charge is 0.496 e. The standard InChI is InChI=1S/C12H15NO5/c1-7-3-4-8(5-10(7)18-2)11(15)13-6-9(14)12(16)17/h3-5,9,14H,6H2,1-2H3,(H,13,15)(H,16,17).